The summed E-state index contributed by atoms with van der Waals surface area (Å²) < 4.78 is 5.09. The summed E-state index contributed by atoms with van der Waals surface area (Å²) in [6, 6.07) is 13.7. The van der Waals surface area contributed by atoms with Crippen LogP contribution in [0.5, 0.6) is 5.75 Å². The molecule has 1 aromatic heterocycles. The highest BCUT2D eigenvalue weighted by atomic mass is 35.5. The molecule has 0 aliphatic carbocycles. The molecule has 3 rings (SSSR count). The Balaban J connectivity index is 1.75. The molecule has 0 bridgehead atoms. The lowest BCUT2D eigenvalue weighted by molar-refractivity contribution is 0.102. The lowest BCUT2D eigenvalue weighted by Gasteiger charge is -2.09. The van der Waals surface area contributed by atoms with Gasteiger partial charge in [-0.3, -0.25) is 4.79 Å². The van der Waals surface area contributed by atoms with Crippen molar-refractivity contribution in [3.63, 3.8) is 0 Å². The van der Waals surface area contributed by atoms with Crippen molar-refractivity contribution in [3.05, 3.63) is 70.5 Å². The molecule has 2 N–H and O–H groups in total. The number of rotatable bonds is 5. The van der Waals surface area contributed by atoms with Gasteiger partial charge in [-0.25, -0.2) is 9.97 Å². The van der Waals surface area contributed by atoms with Gasteiger partial charge in [0.2, 0.25) is 5.95 Å². The summed E-state index contributed by atoms with van der Waals surface area (Å²) in [5, 5.41) is 6.47. The molecule has 0 spiro atoms. The zero-order valence-corrected chi connectivity index (χ0v) is 15.2. The summed E-state index contributed by atoms with van der Waals surface area (Å²) in [5.74, 6) is 0.573. The van der Waals surface area contributed by atoms with Gasteiger partial charge in [-0.15, -0.1) is 0 Å². The molecule has 3 aromatic rings. The van der Waals surface area contributed by atoms with E-state index in [1.807, 2.05) is 0 Å². The smallest absolute Gasteiger partial charge is 0.274 e. The molecule has 0 saturated carbocycles. The van der Waals surface area contributed by atoms with Gasteiger partial charge >= 0.3 is 0 Å². The van der Waals surface area contributed by atoms with Gasteiger partial charge in [0.15, 0.2) is 0 Å². The van der Waals surface area contributed by atoms with Crippen molar-refractivity contribution in [2.75, 3.05) is 17.7 Å². The molecule has 0 aliphatic heterocycles. The third-order valence-corrected chi connectivity index (χ3v) is 4.25. The van der Waals surface area contributed by atoms with Gasteiger partial charge in [0, 0.05) is 11.9 Å². The fourth-order valence-electron chi connectivity index (χ4n) is 2.14. The summed E-state index contributed by atoms with van der Waals surface area (Å²) in [6.45, 7) is 0. The van der Waals surface area contributed by atoms with Crippen LogP contribution in [0.4, 0.5) is 17.3 Å². The maximum Gasteiger partial charge on any atom is 0.274 e. The topological polar surface area (TPSA) is 76.1 Å². The first-order valence-corrected chi connectivity index (χ1v) is 8.32. The first-order chi connectivity index (χ1) is 12.6. The molecule has 1 amide bonds. The maximum atomic E-state index is 12.4. The molecular weight excluding hydrogens is 375 g/mol. The number of hydrogen-bond acceptors (Lipinski definition) is 5. The number of nitrogens with zero attached hydrogens (tertiary/aromatic N) is 2. The molecule has 1 heterocycles. The van der Waals surface area contributed by atoms with Gasteiger partial charge < -0.3 is 15.4 Å². The van der Waals surface area contributed by atoms with Crippen molar-refractivity contribution in [1.29, 1.82) is 0 Å². The molecule has 0 atom stereocenters. The van der Waals surface area contributed by atoms with Crippen molar-refractivity contribution in [3.8, 4) is 5.75 Å². The largest absolute Gasteiger partial charge is 0.497 e. The Labute approximate surface area is 160 Å². The van der Waals surface area contributed by atoms with Gasteiger partial charge in [0.1, 0.15) is 11.4 Å². The minimum atomic E-state index is -0.363. The van der Waals surface area contributed by atoms with Gasteiger partial charge in [0.25, 0.3) is 5.91 Å². The first-order valence-electron chi connectivity index (χ1n) is 7.56. The Morgan fingerprint density at radius 1 is 1.08 bits per heavy atom. The van der Waals surface area contributed by atoms with Crippen LogP contribution in [0.2, 0.25) is 10.0 Å². The molecular formula is C18H14Cl2N4O2. The Bertz CT molecular complexity index is 933. The summed E-state index contributed by atoms with van der Waals surface area (Å²) in [5.41, 5.74) is 1.38. The molecule has 0 radical (unpaired) electrons. The fraction of sp³-hybridized carbons (Fsp3) is 0.0556. The quantitative estimate of drug-likeness (QED) is 0.656. The standard InChI is InChI=1S/C18H14Cl2N4O2/c1-26-12-7-5-11(6-8-12)22-17(25)15-9-10-21-18(24-15)23-14-4-2-3-13(19)16(14)20/h2-10H,1H3,(H,22,25)(H,21,23,24). The van der Waals surface area contributed by atoms with E-state index in [-0.39, 0.29) is 17.5 Å². The van der Waals surface area contributed by atoms with E-state index in [0.29, 0.717) is 27.2 Å². The van der Waals surface area contributed by atoms with Crippen molar-refractivity contribution in [1.82, 2.24) is 9.97 Å². The van der Waals surface area contributed by atoms with E-state index in [2.05, 4.69) is 20.6 Å². The van der Waals surface area contributed by atoms with Crippen LogP contribution in [-0.2, 0) is 0 Å². The lowest BCUT2D eigenvalue weighted by Crippen LogP contribution is -2.14. The number of carbonyl (C=O) groups excluding carboxylic acids is 1. The molecule has 0 fully saturated rings. The number of benzene rings is 2. The monoisotopic (exact) mass is 388 g/mol. The predicted molar refractivity (Wildman–Crippen MR) is 103 cm³/mol. The highest BCUT2D eigenvalue weighted by molar-refractivity contribution is 6.43. The lowest BCUT2D eigenvalue weighted by atomic mass is 10.3. The molecule has 2 aromatic carbocycles. The number of nitrogens with one attached hydrogen (secondary N) is 2. The van der Waals surface area contributed by atoms with Gasteiger partial charge in [0.05, 0.1) is 22.8 Å². The van der Waals surface area contributed by atoms with Crippen LogP contribution in [-0.4, -0.2) is 23.0 Å². The molecule has 0 aliphatic rings. The Kier molecular flexibility index (Phi) is 5.55. The zero-order chi connectivity index (χ0) is 18.5. The number of anilines is 3. The Morgan fingerprint density at radius 2 is 1.85 bits per heavy atom. The minimum absolute atomic E-state index is 0.205. The van der Waals surface area contributed by atoms with E-state index in [1.165, 1.54) is 12.3 Å². The molecule has 0 saturated heterocycles. The highest BCUT2D eigenvalue weighted by Crippen LogP contribution is 2.30. The van der Waals surface area contributed by atoms with Crippen LogP contribution in [0, 0.1) is 0 Å². The van der Waals surface area contributed by atoms with E-state index >= 15 is 0 Å². The van der Waals surface area contributed by atoms with Gasteiger partial charge in [-0.2, -0.15) is 0 Å². The molecule has 8 heteroatoms. The Hall–Kier alpha value is -2.83. The first kappa shape index (κ1) is 18.0. The van der Waals surface area contributed by atoms with Crippen molar-refractivity contribution < 1.29 is 9.53 Å². The average molecular weight is 389 g/mol. The van der Waals surface area contributed by atoms with E-state index in [1.54, 1.807) is 49.6 Å². The minimum Gasteiger partial charge on any atom is -0.497 e. The summed E-state index contributed by atoms with van der Waals surface area (Å²) >= 11 is 12.1. The van der Waals surface area contributed by atoms with Crippen molar-refractivity contribution in [2.45, 2.75) is 0 Å². The summed E-state index contributed by atoms with van der Waals surface area (Å²) in [7, 11) is 1.58. The number of methoxy groups -OCH3 is 1. The molecule has 132 valence electrons. The predicted octanol–water partition coefficient (Wildman–Crippen LogP) is 4.79. The SMILES string of the molecule is COc1ccc(NC(=O)c2ccnc(Nc3cccc(Cl)c3Cl)n2)cc1. The van der Waals surface area contributed by atoms with E-state index < -0.39 is 0 Å². The summed E-state index contributed by atoms with van der Waals surface area (Å²) in [4.78, 5) is 20.7. The zero-order valence-electron chi connectivity index (χ0n) is 13.7. The molecule has 0 unspecified atom stereocenters. The van der Waals surface area contributed by atoms with Crippen molar-refractivity contribution in [2.24, 2.45) is 0 Å². The number of hydrogen-bond donors (Lipinski definition) is 2. The van der Waals surface area contributed by atoms with Gasteiger partial charge in [-0.1, -0.05) is 29.3 Å². The Morgan fingerprint density at radius 3 is 2.58 bits per heavy atom. The number of halogens is 2. The highest BCUT2D eigenvalue weighted by Gasteiger charge is 2.11. The van der Waals surface area contributed by atoms with Gasteiger partial charge in [-0.05, 0) is 42.5 Å². The van der Waals surface area contributed by atoms with Crippen LogP contribution < -0.4 is 15.4 Å². The third-order valence-electron chi connectivity index (χ3n) is 3.43. The van der Waals surface area contributed by atoms with Crippen molar-refractivity contribution >= 4 is 46.4 Å². The number of amides is 1. The number of aromatic nitrogens is 2. The second-order valence-corrected chi connectivity index (χ2v) is 5.96. The fourth-order valence-corrected chi connectivity index (χ4v) is 2.48. The molecule has 6 nitrogen and oxygen atoms in total. The molecule has 26 heavy (non-hydrogen) atoms. The van der Waals surface area contributed by atoms with E-state index in [4.69, 9.17) is 27.9 Å². The number of carbonyl (C=O) groups is 1. The van der Waals surface area contributed by atoms with Crippen LogP contribution >= 0.6 is 23.2 Å². The average Bonchev–Trinajstić information content (AvgIpc) is 2.66. The van der Waals surface area contributed by atoms with E-state index in [0.717, 1.165) is 0 Å². The van der Waals surface area contributed by atoms with Crippen LogP contribution in [0.25, 0.3) is 0 Å². The van der Waals surface area contributed by atoms with Crippen LogP contribution in [0.15, 0.2) is 54.7 Å². The van der Waals surface area contributed by atoms with Crippen LogP contribution in [0.3, 0.4) is 0 Å². The normalized spacial score (nSPS) is 10.3. The second kappa shape index (κ2) is 8.03. The van der Waals surface area contributed by atoms with Crippen LogP contribution in [0.1, 0.15) is 10.5 Å². The second-order valence-electron chi connectivity index (χ2n) is 5.17. The summed E-state index contributed by atoms with van der Waals surface area (Å²) in [6.07, 6.45) is 1.48. The third kappa shape index (κ3) is 4.22. The van der Waals surface area contributed by atoms with E-state index in [9.17, 15) is 4.79 Å². The maximum absolute atomic E-state index is 12.4. The number of ether oxygens (including phenoxy) is 1.